The number of carbonyl (C=O) groups excluding carboxylic acids is 1. The van der Waals surface area contributed by atoms with Gasteiger partial charge in [-0.1, -0.05) is 0 Å². The molecule has 100 valence electrons. The molecule has 3 fully saturated rings. The minimum atomic E-state index is -0.0133. The van der Waals surface area contributed by atoms with Crippen LogP contribution in [-0.2, 0) is 0 Å². The molecule has 2 amide bonds. The Labute approximate surface area is 112 Å². The molecule has 19 heavy (non-hydrogen) atoms. The molecule has 2 atom stereocenters. The van der Waals surface area contributed by atoms with Gasteiger partial charge in [-0.3, -0.25) is 5.32 Å². The monoisotopic (exact) mass is 258 g/mol. The lowest BCUT2D eigenvalue weighted by Crippen LogP contribution is -2.40. The quantitative estimate of drug-likeness (QED) is 0.886. The zero-order chi connectivity index (χ0) is 12.8. The highest BCUT2D eigenvalue weighted by atomic mass is 16.2. The van der Waals surface area contributed by atoms with Gasteiger partial charge >= 0.3 is 6.03 Å². The fourth-order valence-corrected chi connectivity index (χ4v) is 3.05. The van der Waals surface area contributed by atoms with Gasteiger partial charge in [-0.2, -0.15) is 5.10 Å². The first-order chi connectivity index (χ1) is 9.31. The maximum Gasteiger partial charge on any atom is 0.323 e. The van der Waals surface area contributed by atoms with Crippen LogP contribution in [0.2, 0.25) is 0 Å². The molecule has 1 aliphatic heterocycles. The van der Waals surface area contributed by atoms with Gasteiger partial charge in [0.05, 0.1) is 5.69 Å². The summed E-state index contributed by atoms with van der Waals surface area (Å²) in [6, 6.07) is 4.32. The van der Waals surface area contributed by atoms with Crippen molar-refractivity contribution in [2.45, 2.75) is 44.1 Å². The van der Waals surface area contributed by atoms with E-state index in [0.29, 0.717) is 17.8 Å². The van der Waals surface area contributed by atoms with Crippen molar-refractivity contribution < 1.29 is 4.79 Å². The maximum absolute atomic E-state index is 12.2. The topological polar surface area (TPSA) is 58.1 Å². The molecule has 2 heterocycles. The number of hydrogen-bond acceptors (Lipinski definition) is 3. The summed E-state index contributed by atoms with van der Waals surface area (Å²) in [6.07, 6.45) is 6.03. The van der Waals surface area contributed by atoms with Crippen molar-refractivity contribution in [3.05, 3.63) is 17.8 Å². The van der Waals surface area contributed by atoms with Gasteiger partial charge in [0.1, 0.15) is 0 Å². The van der Waals surface area contributed by atoms with Crippen LogP contribution in [0, 0.1) is 5.92 Å². The second-order valence-corrected chi connectivity index (χ2v) is 5.95. The van der Waals surface area contributed by atoms with Crippen molar-refractivity contribution >= 4 is 11.8 Å². The second kappa shape index (κ2) is 4.18. The zero-order valence-electron chi connectivity index (χ0n) is 10.9. The van der Waals surface area contributed by atoms with Crippen LogP contribution < -0.4 is 5.32 Å². The number of likely N-dealkylation sites (tertiary alicyclic amines) is 1. The average molecular weight is 258 g/mol. The van der Waals surface area contributed by atoms with Crippen LogP contribution in [0.25, 0.3) is 0 Å². The van der Waals surface area contributed by atoms with Crippen molar-refractivity contribution in [1.29, 1.82) is 0 Å². The van der Waals surface area contributed by atoms with E-state index in [0.717, 1.165) is 24.6 Å². The number of nitrogens with one attached hydrogen (secondary N) is 1. The number of urea groups is 1. The van der Waals surface area contributed by atoms with Gasteiger partial charge in [0.15, 0.2) is 5.82 Å². The molecule has 2 saturated carbocycles. The van der Waals surface area contributed by atoms with Crippen molar-refractivity contribution in [3.8, 4) is 0 Å². The lowest BCUT2D eigenvalue weighted by Gasteiger charge is -2.26. The van der Waals surface area contributed by atoms with Crippen molar-refractivity contribution in [2.75, 3.05) is 11.9 Å². The number of rotatable bonds is 2. The number of nitrogens with zero attached hydrogens (tertiary/aromatic N) is 3. The van der Waals surface area contributed by atoms with Crippen LogP contribution in [0.3, 0.4) is 0 Å². The van der Waals surface area contributed by atoms with Gasteiger partial charge in [-0.25, -0.2) is 4.79 Å². The van der Waals surface area contributed by atoms with E-state index in [4.69, 9.17) is 0 Å². The van der Waals surface area contributed by atoms with Crippen LogP contribution in [0.1, 0.15) is 43.7 Å². The number of piperidine rings is 1. The van der Waals surface area contributed by atoms with E-state index in [1.165, 1.54) is 25.7 Å². The van der Waals surface area contributed by atoms with E-state index in [2.05, 4.69) is 15.5 Å². The summed E-state index contributed by atoms with van der Waals surface area (Å²) < 4.78 is 0. The smallest absolute Gasteiger partial charge is 0.321 e. The van der Waals surface area contributed by atoms with E-state index in [1.807, 2.05) is 17.0 Å². The molecule has 5 heteroatoms. The standard InChI is InChI=1S/C14H18N4O/c19-14(18-7-1-2-10-8-12(10)18)15-13-6-5-11(16-17-13)9-3-4-9/h5-6,9-10,12H,1-4,7-8H2,(H,15,17,19). The average Bonchev–Trinajstić information content (AvgIpc) is 3.30. The third-order valence-electron chi connectivity index (χ3n) is 4.44. The Balaban J connectivity index is 1.41. The summed E-state index contributed by atoms with van der Waals surface area (Å²) in [4.78, 5) is 14.1. The first kappa shape index (κ1) is 11.2. The normalized spacial score (nSPS) is 28.7. The lowest BCUT2D eigenvalue weighted by molar-refractivity contribution is 0.195. The minimum Gasteiger partial charge on any atom is -0.321 e. The largest absolute Gasteiger partial charge is 0.323 e. The van der Waals surface area contributed by atoms with E-state index in [-0.39, 0.29) is 6.03 Å². The summed E-state index contributed by atoms with van der Waals surface area (Å²) in [5, 5.41) is 11.2. The number of aromatic nitrogens is 2. The third-order valence-corrected chi connectivity index (χ3v) is 4.44. The van der Waals surface area contributed by atoms with E-state index >= 15 is 0 Å². The molecule has 2 unspecified atom stereocenters. The molecule has 2 aliphatic carbocycles. The van der Waals surface area contributed by atoms with E-state index in [9.17, 15) is 4.79 Å². The van der Waals surface area contributed by atoms with E-state index < -0.39 is 0 Å². The fraction of sp³-hybridized carbons (Fsp3) is 0.643. The van der Waals surface area contributed by atoms with Gasteiger partial charge < -0.3 is 4.90 Å². The number of anilines is 1. The number of carbonyl (C=O) groups is 1. The molecule has 1 aromatic rings. The number of fused-ring (bicyclic) bond motifs is 1. The van der Waals surface area contributed by atoms with Gasteiger partial charge in [0.25, 0.3) is 0 Å². The highest BCUT2D eigenvalue weighted by Crippen LogP contribution is 2.43. The molecule has 0 bridgehead atoms. The van der Waals surface area contributed by atoms with Crippen molar-refractivity contribution in [2.24, 2.45) is 5.92 Å². The van der Waals surface area contributed by atoms with Crippen molar-refractivity contribution in [3.63, 3.8) is 0 Å². The fourth-order valence-electron chi connectivity index (χ4n) is 3.05. The molecule has 1 N–H and O–H groups in total. The molecule has 0 radical (unpaired) electrons. The van der Waals surface area contributed by atoms with E-state index in [1.54, 1.807) is 0 Å². The Morgan fingerprint density at radius 1 is 1.26 bits per heavy atom. The molecule has 1 aromatic heterocycles. The SMILES string of the molecule is O=C(Nc1ccc(C2CC2)nn1)N1CCCC2CC21. The summed E-state index contributed by atoms with van der Waals surface area (Å²) >= 11 is 0. The minimum absolute atomic E-state index is 0.0133. The summed E-state index contributed by atoms with van der Waals surface area (Å²) in [6.45, 7) is 0.876. The van der Waals surface area contributed by atoms with Crippen LogP contribution >= 0.6 is 0 Å². The lowest BCUT2D eigenvalue weighted by atomic mass is 10.1. The zero-order valence-corrected chi connectivity index (χ0v) is 10.9. The number of hydrogen-bond donors (Lipinski definition) is 1. The summed E-state index contributed by atoms with van der Waals surface area (Å²) in [5.74, 6) is 1.92. The van der Waals surface area contributed by atoms with Crippen LogP contribution in [0.5, 0.6) is 0 Å². The maximum atomic E-state index is 12.2. The molecule has 0 aromatic carbocycles. The molecule has 0 spiro atoms. The molecule has 5 nitrogen and oxygen atoms in total. The Bertz CT molecular complexity index is 497. The highest BCUT2D eigenvalue weighted by Gasteiger charge is 2.46. The molecular formula is C14H18N4O. The highest BCUT2D eigenvalue weighted by molar-refractivity contribution is 5.88. The van der Waals surface area contributed by atoms with Crippen LogP contribution in [0.4, 0.5) is 10.6 Å². The number of amides is 2. The third kappa shape index (κ3) is 2.17. The first-order valence-corrected chi connectivity index (χ1v) is 7.22. The Kier molecular flexibility index (Phi) is 2.47. The molecular weight excluding hydrogens is 240 g/mol. The predicted octanol–water partition coefficient (Wildman–Crippen LogP) is 2.37. The van der Waals surface area contributed by atoms with Crippen LogP contribution in [-0.4, -0.2) is 33.7 Å². The van der Waals surface area contributed by atoms with Gasteiger partial charge in [0, 0.05) is 18.5 Å². The van der Waals surface area contributed by atoms with Crippen molar-refractivity contribution in [1.82, 2.24) is 15.1 Å². The summed E-state index contributed by atoms with van der Waals surface area (Å²) in [7, 11) is 0. The molecule has 3 aliphatic rings. The predicted molar refractivity (Wildman–Crippen MR) is 70.9 cm³/mol. The van der Waals surface area contributed by atoms with Gasteiger partial charge in [-0.05, 0) is 50.2 Å². The summed E-state index contributed by atoms with van der Waals surface area (Å²) in [5.41, 5.74) is 1.05. The Morgan fingerprint density at radius 3 is 2.89 bits per heavy atom. The van der Waals surface area contributed by atoms with Gasteiger partial charge in [-0.15, -0.1) is 5.10 Å². The van der Waals surface area contributed by atoms with Crippen LogP contribution in [0.15, 0.2) is 12.1 Å². The molecule has 1 saturated heterocycles. The molecule has 4 rings (SSSR count). The Hall–Kier alpha value is -1.65. The first-order valence-electron chi connectivity index (χ1n) is 7.22. The van der Waals surface area contributed by atoms with Gasteiger partial charge in [0.2, 0.25) is 0 Å². The second-order valence-electron chi connectivity index (χ2n) is 5.95. The Morgan fingerprint density at radius 2 is 2.16 bits per heavy atom.